The molecule has 0 saturated heterocycles. The van der Waals surface area contributed by atoms with E-state index in [-0.39, 0.29) is 6.61 Å². The van der Waals surface area contributed by atoms with Crippen molar-refractivity contribution >= 4 is 18.3 Å². The fourth-order valence-corrected chi connectivity index (χ4v) is 1.62. The molecule has 0 heterocycles. The largest absolute Gasteiger partial charge is 0.395 e. The van der Waals surface area contributed by atoms with Crippen LogP contribution < -0.4 is 4.90 Å². The Kier molecular flexibility index (Phi) is 7.46. The molecule has 2 rings (SSSR count). The molecular weight excluding hydrogens is 266 g/mol. The minimum atomic E-state index is 0.131. The normalized spacial score (nSPS) is 9.24. The van der Waals surface area contributed by atoms with Crippen molar-refractivity contribution in [3.8, 4) is 0 Å². The molecule has 0 atom stereocenters. The number of nitrogens with zero attached hydrogens (tertiary/aromatic N) is 1. The van der Waals surface area contributed by atoms with Gasteiger partial charge in [-0.3, -0.25) is 9.59 Å². The third-order valence-electron chi connectivity index (χ3n) is 2.84. The van der Waals surface area contributed by atoms with Crippen molar-refractivity contribution in [2.24, 2.45) is 0 Å². The highest BCUT2D eigenvalue weighted by Crippen LogP contribution is 2.12. The molecule has 1 N–H and O–H groups in total. The van der Waals surface area contributed by atoms with Crippen LogP contribution in [0.4, 0.5) is 5.69 Å². The summed E-state index contributed by atoms with van der Waals surface area (Å²) in [6, 6.07) is 16.3. The van der Waals surface area contributed by atoms with E-state index in [0.717, 1.165) is 23.8 Å². The number of likely N-dealkylation sites (N-methyl/N-ethyl adjacent to an activating group) is 1. The van der Waals surface area contributed by atoms with Crippen molar-refractivity contribution in [1.82, 2.24) is 0 Å². The second-order valence-corrected chi connectivity index (χ2v) is 4.38. The summed E-state index contributed by atoms with van der Waals surface area (Å²) in [7, 11) is 1.89. The van der Waals surface area contributed by atoms with Crippen LogP contribution in [0.2, 0.25) is 0 Å². The molecule has 0 saturated carbocycles. The zero-order valence-electron chi connectivity index (χ0n) is 12.0. The van der Waals surface area contributed by atoms with Crippen molar-refractivity contribution in [2.75, 3.05) is 25.1 Å². The van der Waals surface area contributed by atoms with Gasteiger partial charge < -0.3 is 10.0 Å². The Labute approximate surface area is 124 Å². The van der Waals surface area contributed by atoms with Crippen molar-refractivity contribution in [2.45, 2.75) is 0 Å². The number of carbonyl (C=O) groups is 2. The average Bonchev–Trinajstić information content (AvgIpc) is 2.56. The first-order valence-electron chi connectivity index (χ1n) is 6.58. The summed E-state index contributed by atoms with van der Waals surface area (Å²) in [6.07, 6.45) is 1.65. The summed E-state index contributed by atoms with van der Waals surface area (Å²) in [5, 5.41) is 8.70. The summed E-state index contributed by atoms with van der Waals surface area (Å²) >= 11 is 0. The van der Waals surface area contributed by atoms with Crippen LogP contribution >= 0.6 is 0 Å². The van der Waals surface area contributed by atoms with E-state index in [4.69, 9.17) is 5.11 Å². The Hall–Kier alpha value is -2.46. The Morgan fingerprint density at radius 3 is 1.86 bits per heavy atom. The summed E-state index contributed by atoms with van der Waals surface area (Å²) in [6.45, 7) is 0.729. The maximum Gasteiger partial charge on any atom is 0.150 e. The zero-order chi connectivity index (χ0) is 15.5. The number of hydrogen-bond acceptors (Lipinski definition) is 4. The predicted octanol–water partition coefficient (Wildman–Crippen LogP) is 2.43. The number of carbonyl (C=O) groups excluding carboxylic acids is 2. The zero-order valence-corrected chi connectivity index (χ0v) is 12.0. The van der Waals surface area contributed by atoms with Gasteiger partial charge >= 0.3 is 0 Å². The minimum absolute atomic E-state index is 0.131. The van der Waals surface area contributed by atoms with Crippen LogP contribution in [-0.4, -0.2) is 37.9 Å². The quantitative estimate of drug-likeness (QED) is 0.857. The van der Waals surface area contributed by atoms with Gasteiger partial charge in [0, 0.05) is 30.4 Å². The number of anilines is 1. The van der Waals surface area contributed by atoms with Gasteiger partial charge in [-0.1, -0.05) is 30.3 Å². The maximum atomic E-state index is 10.4. The molecule has 0 aromatic heterocycles. The predicted molar refractivity (Wildman–Crippen MR) is 84.0 cm³/mol. The molecule has 2 aromatic carbocycles. The fourth-order valence-electron chi connectivity index (χ4n) is 1.62. The Bertz CT molecular complexity index is 538. The van der Waals surface area contributed by atoms with Crippen LogP contribution in [0.5, 0.6) is 0 Å². The number of benzene rings is 2. The first kappa shape index (κ1) is 16.6. The van der Waals surface area contributed by atoms with E-state index in [1.807, 2.05) is 42.3 Å². The van der Waals surface area contributed by atoms with Crippen molar-refractivity contribution in [3.05, 3.63) is 65.7 Å². The standard InChI is InChI=1S/C10H13NO2.C7H6O/c1-11(6-7-12)10-4-2-9(8-13)3-5-10;8-6-7-4-2-1-3-5-7/h2-5,8,12H,6-7H2,1H3;1-6H. The van der Waals surface area contributed by atoms with E-state index in [0.29, 0.717) is 12.1 Å². The van der Waals surface area contributed by atoms with Gasteiger partial charge in [0.25, 0.3) is 0 Å². The first-order valence-corrected chi connectivity index (χ1v) is 6.58. The van der Waals surface area contributed by atoms with Gasteiger partial charge in [0.05, 0.1) is 6.61 Å². The second kappa shape index (κ2) is 9.44. The summed E-state index contributed by atoms with van der Waals surface area (Å²) in [5.41, 5.74) is 2.40. The molecule has 0 aliphatic rings. The Balaban J connectivity index is 0.000000235. The lowest BCUT2D eigenvalue weighted by molar-refractivity contribution is 0.111. The molecule has 0 aliphatic carbocycles. The van der Waals surface area contributed by atoms with E-state index in [1.165, 1.54) is 0 Å². The molecule has 0 amide bonds. The van der Waals surface area contributed by atoms with Gasteiger partial charge in [0.2, 0.25) is 0 Å². The minimum Gasteiger partial charge on any atom is -0.395 e. The number of aliphatic hydroxyl groups excluding tert-OH is 1. The molecule has 4 nitrogen and oxygen atoms in total. The van der Waals surface area contributed by atoms with Gasteiger partial charge in [0.1, 0.15) is 12.6 Å². The molecule has 110 valence electrons. The number of aliphatic hydroxyl groups is 1. The van der Waals surface area contributed by atoms with E-state index in [2.05, 4.69) is 0 Å². The van der Waals surface area contributed by atoms with E-state index >= 15 is 0 Å². The Morgan fingerprint density at radius 1 is 0.905 bits per heavy atom. The molecular formula is C17H19NO3. The van der Waals surface area contributed by atoms with Crippen LogP contribution in [0.15, 0.2) is 54.6 Å². The molecule has 0 spiro atoms. The van der Waals surface area contributed by atoms with Crippen LogP contribution in [-0.2, 0) is 0 Å². The summed E-state index contributed by atoms with van der Waals surface area (Å²) < 4.78 is 0. The van der Waals surface area contributed by atoms with Crippen LogP contribution in [0.3, 0.4) is 0 Å². The second-order valence-electron chi connectivity index (χ2n) is 4.38. The van der Waals surface area contributed by atoms with Crippen molar-refractivity contribution < 1.29 is 14.7 Å². The molecule has 0 radical (unpaired) electrons. The molecule has 21 heavy (non-hydrogen) atoms. The summed E-state index contributed by atoms with van der Waals surface area (Å²) in [4.78, 5) is 22.3. The van der Waals surface area contributed by atoms with Crippen LogP contribution in [0.1, 0.15) is 20.7 Å². The van der Waals surface area contributed by atoms with Crippen molar-refractivity contribution in [3.63, 3.8) is 0 Å². The lowest BCUT2D eigenvalue weighted by atomic mass is 10.2. The molecule has 0 unspecified atom stereocenters. The monoisotopic (exact) mass is 285 g/mol. The smallest absolute Gasteiger partial charge is 0.150 e. The Morgan fingerprint density at radius 2 is 1.43 bits per heavy atom. The van der Waals surface area contributed by atoms with E-state index in [1.54, 1.807) is 24.3 Å². The molecule has 0 fully saturated rings. The number of rotatable bonds is 5. The van der Waals surface area contributed by atoms with Gasteiger partial charge in [-0.15, -0.1) is 0 Å². The number of hydrogen-bond donors (Lipinski definition) is 1. The molecule has 0 aliphatic heterocycles. The highest BCUT2D eigenvalue weighted by Gasteiger charge is 1.98. The average molecular weight is 285 g/mol. The van der Waals surface area contributed by atoms with E-state index in [9.17, 15) is 9.59 Å². The topological polar surface area (TPSA) is 57.6 Å². The van der Waals surface area contributed by atoms with Gasteiger partial charge in [0.15, 0.2) is 0 Å². The van der Waals surface area contributed by atoms with Crippen LogP contribution in [0.25, 0.3) is 0 Å². The van der Waals surface area contributed by atoms with Crippen molar-refractivity contribution in [1.29, 1.82) is 0 Å². The van der Waals surface area contributed by atoms with Gasteiger partial charge in [-0.05, 0) is 24.3 Å². The lowest BCUT2D eigenvalue weighted by Gasteiger charge is -2.17. The third-order valence-corrected chi connectivity index (χ3v) is 2.84. The van der Waals surface area contributed by atoms with Gasteiger partial charge in [-0.25, -0.2) is 0 Å². The highest BCUT2D eigenvalue weighted by molar-refractivity contribution is 5.75. The van der Waals surface area contributed by atoms with Gasteiger partial charge in [-0.2, -0.15) is 0 Å². The highest BCUT2D eigenvalue weighted by atomic mass is 16.3. The molecule has 2 aromatic rings. The maximum absolute atomic E-state index is 10.4. The lowest BCUT2D eigenvalue weighted by Crippen LogP contribution is -2.20. The molecule has 0 bridgehead atoms. The SMILES string of the molecule is CN(CCO)c1ccc(C=O)cc1.O=Cc1ccccc1. The third kappa shape index (κ3) is 6.01. The molecule has 4 heteroatoms. The summed E-state index contributed by atoms with van der Waals surface area (Å²) in [5.74, 6) is 0. The van der Waals surface area contributed by atoms with E-state index < -0.39 is 0 Å². The number of aldehydes is 2. The first-order chi connectivity index (χ1) is 10.2. The fraction of sp³-hybridized carbons (Fsp3) is 0.176. The van der Waals surface area contributed by atoms with Crippen LogP contribution in [0, 0.1) is 0 Å².